The molecule has 10 heavy (non-hydrogen) atoms. The third-order valence-electron chi connectivity index (χ3n) is 3.61. The molecule has 2 bridgehead atoms. The summed E-state index contributed by atoms with van der Waals surface area (Å²) in [6.45, 7) is 2.24. The van der Waals surface area contributed by atoms with Gasteiger partial charge in [-0.15, -0.1) is 0 Å². The second-order valence-electron chi connectivity index (χ2n) is 4.35. The number of hydrogen-bond acceptors (Lipinski definition) is 1. The molecule has 0 aromatic rings. The molecule has 0 aliphatic heterocycles. The Morgan fingerprint density at radius 2 is 1.90 bits per heavy atom. The molecular weight excluding hydrogens is 124 g/mol. The third-order valence-corrected chi connectivity index (χ3v) is 3.61. The molecule has 0 saturated heterocycles. The summed E-state index contributed by atoms with van der Waals surface area (Å²) < 4.78 is 0. The van der Waals surface area contributed by atoms with Crippen molar-refractivity contribution in [2.45, 2.75) is 45.1 Å². The van der Waals surface area contributed by atoms with E-state index in [1.807, 2.05) is 0 Å². The molecule has 0 amide bonds. The Balaban J connectivity index is 2.17. The molecule has 3 rings (SSSR count). The smallest absolute Gasteiger partial charge is 0.0596 e. The summed E-state index contributed by atoms with van der Waals surface area (Å²) in [5, 5.41) is 9.66. The topological polar surface area (TPSA) is 20.2 Å². The predicted octanol–water partition coefficient (Wildman–Crippen LogP) is 1.95. The zero-order valence-corrected chi connectivity index (χ0v) is 6.64. The van der Waals surface area contributed by atoms with Gasteiger partial charge in [0.1, 0.15) is 0 Å². The molecule has 0 spiro atoms. The molecule has 1 unspecified atom stereocenters. The summed E-state index contributed by atoms with van der Waals surface area (Å²) >= 11 is 0. The van der Waals surface area contributed by atoms with Crippen molar-refractivity contribution in [2.75, 3.05) is 0 Å². The summed E-state index contributed by atoms with van der Waals surface area (Å²) in [6.07, 6.45) is 6.36. The van der Waals surface area contributed by atoms with Gasteiger partial charge in [0.15, 0.2) is 0 Å². The Morgan fingerprint density at radius 3 is 2.20 bits per heavy atom. The summed E-state index contributed by atoms with van der Waals surface area (Å²) in [5.41, 5.74) is 0.300. The van der Waals surface area contributed by atoms with Crippen LogP contribution in [-0.2, 0) is 0 Å². The van der Waals surface area contributed by atoms with E-state index in [4.69, 9.17) is 0 Å². The van der Waals surface area contributed by atoms with Gasteiger partial charge in [0.2, 0.25) is 0 Å². The van der Waals surface area contributed by atoms with E-state index in [9.17, 15) is 5.11 Å². The Hall–Kier alpha value is -0.0400. The van der Waals surface area contributed by atoms with Crippen LogP contribution in [0.3, 0.4) is 0 Å². The van der Waals surface area contributed by atoms with Crippen molar-refractivity contribution in [3.8, 4) is 0 Å². The number of fused-ring (bicyclic) bond motifs is 3. The second-order valence-corrected chi connectivity index (χ2v) is 4.35. The molecule has 3 aliphatic rings. The van der Waals surface area contributed by atoms with E-state index >= 15 is 0 Å². The molecular formula is C9H16O. The van der Waals surface area contributed by atoms with Crippen molar-refractivity contribution in [3.05, 3.63) is 0 Å². The first-order valence-corrected chi connectivity index (χ1v) is 4.39. The van der Waals surface area contributed by atoms with Crippen molar-refractivity contribution in [2.24, 2.45) is 11.3 Å². The van der Waals surface area contributed by atoms with E-state index in [1.54, 1.807) is 0 Å². The highest BCUT2D eigenvalue weighted by Crippen LogP contribution is 2.49. The fourth-order valence-corrected chi connectivity index (χ4v) is 2.51. The van der Waals surface area contributed by atoms with E-state index in [1.165, 1.54) is 25.7 Å². The SMILES string of the molecule is CC12CCC(CC1)CC2O. The average molecular weight is 140 g/mol. The molecule has 1 N–H and O–H groups in total. The van der Waals surface area contributed by atoms with Gasteiger partial charge in [0.05, 0.1) is 6.10 Å². The highest BCUT2D eigenvalue weighted by atomic mass is 16.3. The normalized spacial score (nSPS) is 53.4. The van der Waals surface area contributed by atoms with Gasteiger partial charge in [-0.2, -0.15) is 0 Å². The fraction of sp³-hybridized carbons (Fsp3) is 1.00. The highest BCUT2D eigenvalue weighted by Gasteiger charge is 2.43. The molecule has 0 aromatic carbocycles. The second kappa shape index (κ2) is 1.97. The molecule has 58 valence electrons. The Labute approximate surface area is 62.4 Å². The Morgan fingerprint density at radius 1 is 1.30 bits per heavy atom. The summed E-state index contributed by atoms with van der Waals surface area (Å²) in [7, 11) is 0. The molecule has 3 aliphatic carbocycles. The van der Waals surface area contributed by atoms with Crippen LogP contribution in [0.4, 0.5) is 0 Å². The molecule has 3 fully saturated rings. The maximum atomic E-state index is 9.66. The van der Waals surface area contributed by atoms with Crippen LogP contribution in [0.5, 0.6) is 0 Å². The maximum Gasteiger partial charge on any atom is 0.0596 e. The summed E-state index contributed by atoms with van der Waals surface area (Å²) in [5.74, 6) is 0.858. The number of hydrogen-bond donors (Lipinski definition) is 1. The van der Waals surface area contributed by atoms with Gasteiger partial charge in [0.25, 0.3) is 0 Å². The lowest BCUT2D eigenvalue weighted by Gasteiger charge is -2.47. The third kappa shape index (κ3) is 0.800. The highest BCUT2D eigenvalue weighted by molar-refractivity contribution is 4.94. The van der Waals surface area contributed by atoms with Gasteiger partial charge in [-0.05, 0) is 43.4 Å². The molecule has 1 atom stereocenters. The van der Waals surface area contributed by atoms with E-state index in [-0.39, 0.29) is 6.10 Å². The molecule has 1 heteroatoms. The van der Waals surface area contributed by atoms with E-state index in [0.717, 1.165) is 12.3 Å². The van der Waals surface area contributed by atoms with Gasteiger partial charge in [-0.1, -0.05) is 6.92 Å². The van der Waals surface area contributed by atoms with Crippen LogP contribution in [0.25, 0.3) is 0 Å². The van der Waals surface area contributed by atoms with Crippen molar-refractivity contribution in [1.29, 1.82) is 0 Å². The fourth-order valence-electron chi connectivity index (χ4n) is 2.51. The van der Waals surface area contributed by atoms with Crippen LogP contribution in [0.2, 0.25) is 0 Å². The first kappa shape index (κ1) is 6.66. The lowest BCUT2D eigenvalue weighted by molar-refractivity contribution is -0.0633. The van der Waals surface area contributed by atoms with E-state index in [2.05, 4.69) is 6.92 Å². The minimum atomic E-state index is 0.0139. The molecule has 0 heterocycles. The van der Waals surface area contributed by atoms with Crippen molar-refractivity contribution < 1.29 is 5.11 Å². The van der Waals surface area contributed by atoms with Gasteiger partial charge in [-0.25, -0.2) is 0 Å². The first-order valence-electron chi connectivity index (χ1n) is 4.39. The molecule has 0 aromatic heterocycles. The first-order chi connectivity index (χ1) is 4.71. The average Bonchev–Trinajstić information content (AvgIpc) is 1.92. The van der Waals surface area contributed by atoms with Gasteiger partial charge in [0, 0.05) is 0 Å². The van der Waals surface area contributed by atoms with E-state index in [0.29, 0.717) is 5.41 Å². The number of aliphatic hydroxyl groups is 1. The standard InChI is InChI=1S/C9H16O/c1-9-4-2-7(3-5-9)6-8(9)10/h7-8,10H,2-6H2,1H3. The lowest BCUT2D eigenvalue weighted by Crippen LogP contribution is -2.43. The van der Waals surface area contributed by atoms with Crippen LogP contribution >= 0.6 is 0 Å². The van der Waals surface area contributed by atoms with Gasteiger partial charge in [-0.3, -0.25) is 0 Å². The van der Waals surface area contributed by atoms with Crippen LogP contribution in [0, 0.1) is 11.3 Å². The molecule has 1 nitrogen and oxygen atoms in total. The molecule has 3 saturated carbocycles. The van der Waals surface area contributed by atoms with Crippen molar-refractivity contribution in [1.82, 2.24) is 0 Å². The zero-order chi connectivity index (χ0) is 7.19. The van der Waals surface area contributed by atoms with Crippen LogP contribution in [0.15, 0.2) is 0 Å². The quantitative estimate of drug-likeness (QED) is 0.545. The predicted molar refractivity (Wildman–Crippen MR) is 40.7 cm³/mol. The van der Waals surface area contributed by atoms with Crippen LogP contribution < -0.4 is 0 Å². The molecule has 0 radical (unpaired) electrons. The van der Waals surface area contributed by atoms with Crippen molar-refractivity contribution >= 4 is 0 Å². The van der Waals surface area contributed by atoms with Gasteiger partial charge < -0.3 is 5.11 Å². The van der Waals surface area contributed by atoms with E-state index < -0.39 is 0 Å². The Bertz CT molecular complexity index is 134. The zero-order valence-electron chi connectivity index (χ0n) is 6.64. The Kier molecular flexibility index (Phi) is 1.31. The van der Waals surface area contributed by atoms with Crippen molar-refractivity contribution in [3.63, 3.8) is 0 Å². The van der Waals surface area contributed by atoms with Crippen LogP contribution in [0.1, 0.15) is 39.0 Å². The minimum absolute atomic E-state index is 0.0139. The minimum Gasteiger partial charge on any atom is -0.393 e. The number of rotatable bonds is 0. The largest absolute Gasteiger partial charge is 0.393 e. The maximum absolute atomic E-state index is 9.66. The lowest BCUT2D eigenvalue weighted by atomic mass is 9.60. The summed E-state index contributed by atoms with van der Waals surface area (Å²) in [4.78, 5) is 0. The van der Waals surface area contributed by atoms with Crippen LogP contribution in [-0.4, -0.2) is 11.2 Å². The summed E-state index contributed by atoms with van der Waals surface area (Å²) in [6, 6.07) is 0. The van der Waals surface area contributed by atoms with Gasteiger partial charge >= 0.3 is 0 Å². The monoisotopic (exact) mass is 140 g/mol. The number of aliphatic hydroxyl groups excluding tert-OH is 1.